The summed E-state index contributed by atoms with van der Waals surface area (Å²) in [6, 6.07) is 5.41. The maximum atomic E-state index is 12.6. The minimum Gasteiger partial charge on any atom is -0.393 e. The Kier molecular flexibility index (Phi) is 8.30. The smallest absolute Gasteiger partial charge is 0.393 e. The van der Waals surface area contributed by atoms with Crippen molar-refractivity contribution in [2.24, 2.45) is 22.7 Å². The first-order chi connectivity index (χ1) is 17.7. The summed E-state index contributed by atoms with van der Waals surface area (Å²) < 4.78 is 71.8. The number of rotatable bonds is 10. The fourth-order valence-corrected chi connectivity index (χ4v) is 8.60. The van der Waals surface area contributed by atoms with Crippen molar-refractivity contribution in [2.75, 3.05) is 4.72 Å². The number of anilines is 1. The first kappa shape index (κ1) is 29.4. The van der Waals surface area contributed by atoms with Crippen molar-refractivity contribution in [1.82, 2.24) is 0 Å². The molecule has 0 amide bonds. The van der Waals surface area contributed by atoms with Crippen molar-refractivity contribution in [1.29, 1.82) is 0 Å². The quantitative estimate of drug-likeness (QED) is 0.156. The second kappa shape index (κ2) is 10.7. The second-order valence-corrected chi connectivity index (χ2v) is 13.1. The van der Waals surface area contributed by atoms with Crippen molar-refractivity contribution in [3.8, 4) is 0 Å². The number of fused-ring (bicyclic) bond motifs is 5. The van der Waals surface area contributed by atoms with Gasteiger partial charge in [-0.3, -0.25) is 9.27 Å². The monoisotopic (exact) mass is 559 g/mol. The molecule has 3 aliphatic carbocycles. The largest absolute Gasteiger partial charge is 0.414 e. The molecule has 0 heterocycles. The first-order valence-corrected chi connectivity index (χ1v) is 15.1. The summed E-state index contributed by atoms with van der Waals surface area (Å²) in [7, 11) is -4.39. The molecule has 214 valence electrons. The van der Waals surface area contributed by atoms with Gasteiger partial charge in [-0.1, -0.05) is 44.7 Å². The molecule has 6 nitrogen and oxygen atoms in total. The van der Waals surface area contributed by atoms with Crippen LogP contribution in [0.15, 0.2) is 30.9 Å². The van der Waals surface area contributed by atoms with Crippen LogP contribution in [0.25, 0.3) is 0 Å². The fraction of sp³-hybridized carbons (Fsp3) is 0.714. The number of alkyl halides is 3. The van der Waals surface area contributed by atoms with E-state index in [2.05, 4.69) is 24.3 Å². The molecule has 0 aromatic heterocycles. The van der Waals surface area contributed by atoms with E-state index in [0.717, 1.165) is 62.5 Å². The Morgan fingerprint density at radius 1 is 1.21 bits per heavy atom. The number of allylic oxidation sites excluding steroid dienone is 1. The van der Waals surface area contributed by atoms with E-state index in [1.807, 2.05) is 6.07 Å². The van der Waals surface area contributed by atoms with Crippen LogP contribution < -0.4 is 4.72 Å². The van der Waals surface area contributed by atoms with E-state index in [-0.39, 0.29) is 41.1 Å². The van der Waals surface area contributed by atoms with E-state index in [0.29, 0.717) is 18.5 Å². The van der Waals surface area contributed by atoms with Gasteiger partial charge in [0, 0.05) is 0 Å². The third-order valence-electron chi connectivity index (χ3n) is 9.80. The van der Waals surface area contributed by atoms with Crippen LogP contribution in [0.4, 0.5) is 18.9 Å². The van der Waals surface area contributed by atoms with Crippen LogP contribution in [0.2, 0.25) is 0 Å². The van der Waals surface area contributed by atoms with Crippen molar-refractivity contribution < 1.29 is 36.4 Å². The Labute approximate surface area is 223 Å². The predicted molar refractivity (Wildman–Crippen MR) is 140 cm³/mol. The third kappa shape index (κ3) is 5.64. The van der Waals surface area contributed by atoms with Crippen LogP contribution in [0.3, 0.4) is 0 Å². The van der Waals surface area contributed by atoms with Gasteiger partial charge in [-0.05, 0) is 96.8 Å². The normalized spacial score (nSPS) is 33.7. The summed E-state index contributed by atoms with van der Waals surface area (Å²) in [5.74, 6) is 0.637. The van der Waals surface area contributed by atoms with Crippen molar-refractivity contribution >= 4 is 16.0 Å². The maximum Gasteiger partial charge on any atom is 0.414 e. The van der Waals surface area contributed by atoms with Crippen LogP contribution in [0, 0.1) is 22.7 Å². The van der Waals surface area contributed by atoms with Gasteiger partial charge in [0.05, 0.1) is 11.8 Å². The number of unbranched alkanes of at least 4 members (excludes halogenated alkanes) is 3. The van der Waals surface area contributed by atoms with Gasteiger partial charge in [0.25, 0.3) is 0 Å². The molecule has 0 bridgehead atoms. The lowest BCUT2D eigenvalue weighted by Crippen LogP contribution is -2.54. The van der Waals surface area contributed by atoms with Crippen molar-refractivity contribution in [2.45, 2.75) is 102 Å². The van der Waals surface area contributed by atoms with Gasteiger partial charge >= 0.3 is 16.5 Å². The molecule has 1 aromatic carbocycles. The van der Waals surface area contributed by atoms with Gasteiger partial charge in [-0.25, -0.2) is 0 Å². The highest BCUT2D eigenvalue weighted by atomic mass is 32.2. The lowest BCUT2D eigenvalue weighted by molar-refractivity contribution is -0.205. The van der Waals surface area contributed by atoms with E-state index in [9.17, 15) is 36.4 Å². The van der Waals surface area contributed by atoms with Gasteiger partial charge in [0.1, 0.15) is 6.10 Å². The number of aliphatic hydroxyl groups excluding tert-OH is 2. The molecule has 2 saturated carbocycles. The summed E-state index contributed by atoms with van der Waals surface area (Å²) in [5, 5.41) is 20.3. The zero-order valence-electron chi connectivity index (χ0n) is 21.9. The number of hydrogen-bond donors (Lipinski definition) is 4. The van der Waals surface area contributed by atoms with E-state index in [4.69, 9.17) is 0 Å². The zero-order chi connectivity index (χ0) is 27.9. The summed E-state index contributed by atoms with van der Waals surface area (Å²) >= 11 is 0. The van der Waals surface area contributed by atoms with Crippen molar-refractivity contribution in [3.63, 3.8) is 0 Å². The standard InChI is InChI=1S/C28H40F3NO5S/c1-3-27-15-14-18-16-20(32-38(35,36)37)10-11-21(18)25(27)19(17-26(2)22(27)12-13-23(26)33)8-6-4-5-7-9-24(34)28(29,30)31/h3,10-11,16,19,22-25,32-34H,1,4-9,12-15,17H2,2H3,(H,35,36,37)/t19-,22?,23-,24?,25?,26-,27?/m0/s1. The predicted octanol–water partition coefficient (Wildman–Crippen LogP) is 6.16. The zero-order valence-corrected chi connectivity index (χ0v) is 22.7. The summed E-state index contributed by atoms with van der Waals surface area (Å²) in [6.45, 7) is 6.48. The molecule has 0 saturated heterocycles. The Morgan fingerprint density at radius 2 is 1.92 bits per heavy atom. The Bertz CT molecular complexity index is 1130. The van der Waals surface area contributed by atoms with Gasteiger partial charge < -0.3 is 10.2 Å². The van der Waals surface area contributed by atoms with E-state index in [1.54, 1.807) is 12.1 Å². The number of nitrogens with one attached hydrogen (secondary N) is 1. The van der Waals surface area contributed by atoms with Crippen LogP contribution >= 0.6 is 0 Å². The average molecular weight is 560 g/mol. The third-order valence-corrected chi connectivity index (χ3v) is 10.3. The molecule has 7 atom stereocenters. The van der Waals surface area contributed by atoms with Crippen LogP contribution in [0.1, 0.15) is 88.2 Å². The Balaban J connectivity index is 1.56. The number of aryl methyl sites for hydroxylation is 1. The molecule has 2 fully saturated rings. The van der Waals surface area contributed by atoms with E-state index in [1.165, 1.54) is 0 Å². The molecule has 38 heavy (non-hydrogen) atoms. The number of hydrogen-bond acceptors (Lipinski definition) is 4. The van der Waals surface area contributed by atoms with Gasteiger partial charge in [0.2, 0.25) is 0 Å². The van der Waals surface area contributed by atoms with Crippen LogP contribution in [-0.4, -0.2) is 41.6 Å². The molecule has 0 spiro atoms. The summed E-state index contributed by atoms with van der Waals surface area (Å²) in [4.78, 5) is 0. The molecule has 3 aliphatic rings. The molecular weight excluding hydrogens is 519 g/mol. The van der Waals surface area contributed by atoms with E-state index >= 15 is 0 Å². The lowest BCUT2D eigenvalue weighted by atomic mass is 9.44. The van der Waals surface area contributed by atoms with Gasteiger partial charge in [0.15, 0.2) is 0 Å². The molecule has 4 unspecified atom stereocenters. The Morgan fingerprint density at radius 3 is 2.58 bits per heavy atom. The fourth-order valence-electron chi connectivity index (χ4n) is 8.18. The average Bonchev–Trinajstić information content (AvgIpc) is 3.13. The highest BCUT2D eigenvalue weighted by Crippen LogP contribution is 2.69. The van der Waals surface area contributed by atoms with Crippen LogP contribution in [-0.2, 0) is 16.7 Å². The SMILES string of the molecule is C=CC12CCc3cc(NS(=O)(=O)O)ccc3C1[C@@H](CCCCCCC(O)C(F)(F)F)C[C@@]1(C)C2CC[C@@H]1O. The van der Waals surface area contributed by atoms with Crippen molar-refractivity contribution in [3.05, 3.63) is 42.0 Å². The second-order valence-electron chi connectivity index (χ2n) is 11.9. The molecular formula is C28H40F3NO5S. The van der Waals surface area contributed by atoms with Gasteiger partial charge in [-0.2, -0.15) is 21.6 Å². The minimum absolute atomic E-state index is 0.138. The summed E-state index contributed by atoms with van der Waals surface area (Å²) in [6.07, 6.45) is 2.06. The first-order valence-electron chi connectivity index (χ1n) is 13.7. The minimum atomic E-state index is -4.57. The lowest BCUT2D eigenvalue weighted by Gasteiger charge is -2.60. The highest BCUT2D eigenvalue weighted by molar-refractivity contribution is 7.87. The molecule has 0 aliphatic heterocycles. The molecule has 0 radical (unpaired) electrons. The number of halogens is 3. The van der Waals surface area contributed by atoms with E-state index < -0.39 is 22.6 Å². The summed E-state index contributed by atoms with van der Waals surface area (Å²) in [5.41, 5.74) is 2.05. The molecule has 10 heteroatoms. The number of benzene rings is 1. The van der Waals surface area contributed by atoms with Crippen LogP contribution in [0.5, 0.6) is 0 Å². The maximum absolute atomic E-state index is 12.6. The highest BCUT2D eigenvalue weighted by Gasteiger charge is 2.63. The molecule has 1 aromatic rings. The Hall–Kier alpha value is -1.62. The molecule has 4 rings (SSSR count). The van der Waals surface area contributed by atoms with Gasteiger partial charge in [-0.15, -0.1) is 6.58 Å². The topological polar surface area (TPSA) is 107 Å². The number of aliphatic hydroxyl groups is 2. The molecule has 4 N–H and O–H groups in total.